The van der Waals surface area contributed by atoms with E-state index in [1.54, 1.807) is 4.57 Å². The van der Waals surface area contributed by atoms with Crippen LogP contribution in [-0.4, -0.2) is 36.8 Å². The van der Waals surface area contributed by atoms with Gasteiger partial charge in [0, 0.05) is 48.1 Å². The maximum Gasteiger partial charge on any atom is 0.384 e. The number of carbonyl (C=O) groups is 1. The van der Waals surface area contributed by atoms with Crippen LogP contribution in [0.2, 0.25) is 0 Å². The van der Waals surface area contributed by atoms with Gasteiger partial charge in [-0.25, -0.2) is 9.18 Å². The summed E-state index contributed by atoms with van der Waals surface area (Å²) in [7, 11) is 1.24. The number of aromatic nitrogens is 1. The van der Waals surface area contributed by atoms with Crippen molar-refractivity contribution in [3.63, 3.8) is 0 Å². The molecule has 1 aliphatic heterocycles. The molecule has 6 nitrogen and oxygen atoms in total. The smallest absolute Gasteiger partial charge is 0.384 e. The number of pyridine rings is 1. The number of carbonyl (C=O) groups excluding carboxylic acids is 1. The molecule has 1 unspecified atom stereocenters. The molecule has 30 heavy (non-hydrogen) atoms. The number of hydrogen-bond acceptors (Lipinski definition) is 5. The van der Waals surface area contributed by atoms with Gasteiger partial charge < -0.3 is 19.9 Å². The molecule has 1 aromatic heterocycles. The number of esters is 1. The van der Waals surface area contributed by atoms with Gasteiger partial charge in [-0.05, 0) is 50.7 Å². The van der Waals surface area contributed by atoms with Crippen LogP contribution in [0.25, 0.3) is 10.9 Å². The van der Waals surface area contributed by atoms with Crippen molar-refractivity contribution in [3.05, 3.63) is 39.4 Å². The average Bonchev–Trinajstić information content (AvgIpc) is 3.42. The molecule has 2 aliphatic rings. The lowest BCUT2D eigenvalue weighted by Gasteiger charge is -2.25. The van der Waals surface area contributed by atoms with Crippen LogP contribution < -0.4 is 16.2 Å². The van der Waals surface area contributed by atoms with Crippen molar-refractivity contribution in [3.8, 4) is 11.8 Å². The molecule has 1 saturated heterocycles. The number of nitrogens with two attached hydrogens (primary N) is 1. The Hall–Kier alpha value is -2.85. The minimum Gasteiger partial charge on any atom is -0.459 e. The highest BCUT2D eigenvalue weighted by molar-refractivity contribution is 5.94. The number of benzene rings is 1. The molecule has 0 radical (unpaired) electrons. The third-order valence-corrected chi connectivity index (χ3v) is 6.18. The highest BCUT2D eigenvalue weighted by Gasteiger charge is 2.32. The third kappa shape index (κ3) is 3.56. The number of ether oxygens (including phenoxy) is 1. The second kappa shape index (κ2) is 7.77. The molecule has 2 atom stereocenters. The first-order valence-corrected chi connectivity index (χ1v) is 10.3. The Kier molecular flexibility index (Phi) is 5.29. The van der Waals surface area contributed by atoms with Gasteiger partial charge in [-0.3, -0.25) is 4.79 Å². The van der Waals surface area contributed by atoms with E-state index in [1.165, 1.54) is 19.2 Å². The number of hydrogen-bond donors (Lipinski definition) is 1. The van der Waals surface area contributed by atoms with E-state index in [0.29, 0.717) is 34.6 Å². The van der Waals surface area contributed by atoms with Crippen LogP contribution in [-0.2, 0) is 9.53 Å². The zero-order valence-electron chi connectivity index (χ0n) is 17.5. The summed E-state index contributed by atoms with van der Waals surface area (Å²) in [6, 6.07) is 2.99. The summed E-state index contributed by atoms with van der Waals surface area (Å²) in [6.45, 7) is 5.26. The third-order valence-electron chi connectivity index (χ3n) is 6.18. The molecule has 7 heteroatoms. The van der Waals surface area contributed by atoms with Crippen molar-refractivity contribution < 1.29 is 13.9 Å². The predicted molar refractivity (Wildman–Crippen MR) is 114 cm³/mol. The number of nitrogens with zero attached hydrogens (tertiary/aromatic N) is 2. The molecule has 0 amide bonds. The second-order valence-electron chi connectivity index (χ2n) is 8.32. The van der Waals surface area contributed by atoms with Gasteiger partial charge in [0.1, 0.15) is 5.82 Å². The van der Waals surface area contributed by atoms with Gasteiger partial charge in [0.25, 0.3) is 5.56 Å². The van der Waals surface area contributed by atoms with Crippen molar-refractivity contribution in [2.45, 2.75) is 45.2 Å². The summed E-state index contributed by atoms with van der Waals surface area (Å²) in [5, 5.41) is 0.541. The Morgan fingerprint density at radius 1 is 1.33 bits per heavy atom. The molecule has 0 spiro atoms. The number of anilines is 1. The fourth-order valence-corrected chi connectivity index (χ4v) is 4.43. The summed E-state index contributed by atoms with van der Waals surface area (Å²) in [5.41, 5.74) is 8.16. The zero-order chi connectivity index (χ0) is 21.6. The zero-order valence-corrected chi connectivity index (χ0v) is 17.5. The Morgan fingerprint density at radius 2 is 2.07 bits per heavy atom. The first kappa shape index (κ1) is 20.4. The van der Waals surface area contributed by atoms with Crippen molar-refractivity contribution in [1.82, 2.24) is 4.57 Å². The van der Waals surface area contributed by atoms with Crippen LogP contribution in [0.5, 0.6) is 0 Å². The molecule has 1 aromatic carbocycles. The quantitative estimate of drug-likeness (QED) is 0.620. The molecule has 2 aromatic rings. The highest BCUT2D eigenvalue weighted by atomic mass is 19.1. The number of halogens is 1. The van der Waals surface area contributed by atoms with Crippen molar-refractivity contribution >= 4 is 22.6 Å². The van der Waals surface area contributed by atoms with Gasteiger partial charge >= 0.3 is 5.97 Å². The fraction of sp³-hybridized carbons (Fsp3) is 0.478. The summed E-state index contributed by atoms with van der Waals surface area (Å²) < 4.78 is 21.7. The maximum absolute atomic E-state index is 15.4. The first-order valence-electron chi connectivity index (χ1n) is 10.3. The lowest BCUT2D eigenvalue weighted by atomic mass is 10.0. The van der Waals surface area contributed by atoms with Crippen molar-refractivity contribution in [2.24, 2.45) is 11.7 Å². The van der Waals surface area contributed by atoms with Crippen LogP contribution in [0.4, 0.5) is 10.1 Å². The van der Waals surface area contributed by atoms with Crippen LogP contribution >= 0.6 is 0 Å². The predicted octanol–water partition coefficient (Wildman–Crippen LogP) is 2.48. The minimum atomic E-state index is -0.706. The second-order valence-corrected chi connectivity index (χ2v) is 8.32. The Labute approximate surface area is 174 Å². The van der Waals surface area contributed by atoms with E-state index >= 15 is 4.39 Å². The van der Waals surface area contributed by atoms with E-state index in [4.69, 9.17) is 5.73 Å². The fourth-order valence-electron chi connectivity index (χ4n) is 4.43. The lowest BCUT2D eigenvalue weighted by Crippen LogP contribution is -2.30. The Bertz CT molecular complexity index is 1140. The topological polar surface area (TPSA) is 77.6 Å². The largest absolute Gasteiger partial charge is 0.459 e. The molecule has 0 bridgehead atoms. The van der Waals surface area contributed by atoms with Gasteiger partial charge in [0.2, 0.25) is 0 Å². The average molecular weight is 411 g/mol. The van der Waals surface area contributed by atoms with Gasteiger partial charge in [0.15, 0.2) is 0 Å². The van der Waals surface area contributed by atoms with E-state index in [-0.39, 0.29) is 23.5 Å². The standard InChI is InChI=1S/C23H26FN3O3/c1-13-22-18(11-19(24)23(13)26-9-8-16(12-26)14(2)25)15(4-7-21(29)30-3)10-20(28)27(22)17-5-6-17/h10-11,14,16-17H,5-6,8-9,12,25H2,1-3H3/t14-,16?/m0/s1. The molecular formula is C23H26FN3O3. The number of rotatable bonds is 3. The van der Waals surface area contributed by atoms with Gasteiger partial charge in [0.05, 0.1) is 18.3 Å². The number of methoxy groups -OCH3 is 1. The van der Waals surface area contributed by atoms with E-state index in [1.807, 2.05) is 18.7 Å². The monoisotopic (exact) mass is 411 g/mol. The normalized spacial score (nSPS) is 19.5. The molecule has 158 valence electrons. The Balaban J connectivity index is 1.93. The number of aryl methyl sites for hydroxylation is 1. The lowest BCUT2D eigenvalue weighted by molar-refractivity contribution is -0.133. The molecule has 2 N–H and O–H groups in total. The van der Waals surface area contributed by atoms with Gasteiger partial charge in [-0.2, -0.15) is 0 Å². The van der Waals surface area contributed by atoms with E-state index < -0.39 is 5.97 Å². The molecule has 1 saturated carbocycles. The molecule has 1 aliphatic carbocycles. The van der Waals surface area contributed by atoms with E-state index in [9.17, 15) is 9.59 Å². The van der Waals surface area contributed by atoms with E-state index in [0.717, 1.165) is 31.4 Å². The summed E-state index contributed by atoms with van der Waals surface area (Å²) >= 11 is 0. The van der Waals surface area contributed by atoms with Gasteiger partial charge in [-0.15, -0.1) is 0 Å². The summed E-state index contributed by atoms with van der Waals surface area (Å²) in [4.78, 5) is 26.4. The molecule has 2 heterocycles. The van der Waals surface area contributed by atoms with E-state index in [2.05, 4.69) is 16.6 Å². The highest BCUT2D eigenvalue weighted by Crippen LogP contribution is 2.40. The van der Waals surface area contributed by atoms with Crippen molar-refractivity contribution in [2.75, 3.05) is 25.1 Å². The van der Waals surface area contributed by atoms with Crippen LogP contribution in [0, 0.1) is 30.5 Å². The summed E-state index contributed by atoms with van der Waals surface area (Å²) in [5.74, 6) is 4.30. The summed E-state index contributed by atoms with van der Waals surface area (Å²) in [6.07, 6.45) is 2.75. The maximum atomic E-state index is 15.4. The Morgan fingerprint density at radius 3 is 2.67 bits per heavy atom. The van der Waals surface area contributed by atoms with Crippen LogP contribution in [0.15, 0.2) is 16.9 Å². The minimum absolute atomic E-state index is 0.0451. The molecule has 2 fully saturated rings. The van der Waals surface area contributed by atoms with Crippen LogP contribution in [0.3, 0.4) is 0 Å². The first-order chi connectivity index (χ1) is 14.3. The van der Waals surface area contributed by atoms with Crippen molar-refractivity contribution in [1.29, 1.82) is 0 Å². The molecule has 4 rings (SSSR count). The van der Waals surface area contributed by atoms with Gasteiger partial charge in [-0.1, -0.05) is 5.92 Å². The SMILES string of the molecule is COC(=O)C#Cc1cc(=O)n(C2CC2)c2c(C)c(N3CCC([C@H](C)N)C3)c(F)cc12. The van der Waals surface area contributed by atoms with Crippen LogP contribution in [0.1, 0.15) is 43.4 Å². The number of fused-ring (bicyclic) bond motifs is 1. The molecular weight excluding hydrogens is 385 g/mol.